The fraction of sp³-hybridized carbons (Fsp3) is 0.105. The van der Waals surface area contributed by atoms with Crippen molar-refractivity contribution in [2.45, 2.75) is 17.3 Å². The molecule has 1 aromatic carbocycles. The molecule has 3 aromatic heterocycles. The Labute approximate surface area is 188 Å². The molecule has 164 valence electrons. The van der Waals surface area contributed by atoms with Gasteiger partial charge in [0, 0.05) is 16.7 Å². The van der Waals surface area contributed by atoms with E-state index in [1.807, 2.05) is 0 Å². The fourth-order valence-electron chi connectivity index (χ4n) is 2.76. The lowest BCUT2D eigenvalue weighted by Gasteiger charge is -2.11. The van der Waals surface area contributed by atoms with Crippen LogP contribution in [0.2, 0.25) is 5.02 Å². The fourth-order valence-corrected chi connectivity index (χ4v) is 4.28. The number of hydrogen-bond donors (Lipinski definition) is 1. The molecule has 0 radical (unpaired) electrons. The van der Waals surface area contributed by atoms with Crippen LogP contribution in [0, 0.1) is 18.8 Å². The summed E-state index contributed by atoms with van der Waals surface area (Å²) in [6, 6.07) is 7.01. The predicted octanol–water partition coefficient (Wildman–Crippen LogP) is 3.88. The molecule has 2 N–H and O–H groups in total. The number of aromatic nitrogens is 4. The lowest BCUT2D eigenvalue weighted by molar-refractivity contribution is -0.142. The van der Waals surface area contributed by atoms with E-state index in [-0.39, 0.29) is 26.3 Å². The van der Waals surface area contributed by atoms with E-state index < -0.39 is 21.9 Å². The number of nitrogens with two attached hydrogens (primary N) is 1. The molecule has 0 fully saturated rings. The van der Waals surface area contributed by atoms with Crippen LogP contribution in [0.3, 0.4) is 0 Å². The molecule has 4 rings (SSSR count). The van der Waals surface area contributed by atoms with Crippen molar-refractivity contribution in [1.82, 2.24) is 19.6 Å². The Hall–Kier alpha value is -2.98. The quantitative estimate of drug-likeness (QED) is 0.423. The summed E-state index contributed by atoms with van der Waals surface area (Å²) in [5.41, 5.74) is 0.176. The topological polar surface area (TPSA) is 103 Å². The van der Waals surface area contributed by atoms with E-state index in [0.29, 0.717) is 20.7 Å². The summed E-state index contributed by atoms with van der Waals surface area (Å²) in [6.45, 7) is 1.74. The van der Waals surface area contributed by atoms with Gasteiger partial charge in [0.2, 0.25) is 10.0 Å². The third-order valence-corrected chi connectivity index (χ3v) is 6.98. The van der Waals surface area contributed by atoms with Gasteiger partial charge in [0.25, 0.3) is 0 Å². The van der Waals surface area contributed by atoms with Gasteiger partial charge in [-0.2, -0.15) is 18.3 Å². The van der Waals surface area contributed by atoms with Crippen molar-refractivity contribution in [2.24, 2.45) is 5.14 Å². The van der Waals surface area contributed by atoms with Crippen molar-refractivity contribution in [3.8, 4) is 23.1 Å². The first-order valence-corrected chi connectivity index (χ1v) is 11.4. The van der Waals surface area contributed by atoms with E-state index in [4.69, 9.17) is 16.7 Å². The van der Waals surface area contributed by atoms with Gasteiger partial charge in [0.15, 0.2) is 20.6 Å². The molecule has 0 saturated heterocycles. The highest BCUT2D eigenvalue weighted by Crippen LogP contribution is 2.33. The lowest BCUT2D eigenvalue weighted by Crippen LogP contribution is -2.13. The Morgan fingerprint density at radius 1 is 1.19 bits per heavy atom. The minimum Gasteiger partial charge on any atom is -0.235 e. The Morgan fingerprint density at radius 3 is 2.56 bits per heavy atom. The van der Waals surface area contributed by atoms with Crippen LogP contribution in [0.15, 0.2) is 40.7 Å². The summed E-state index contributed by atoms with van der Waals surface area (Å²) in [6.07, 6.45) is -3.65. The number of alkyl halides is 3. The smallest absolute Gasteiger partial charge is 0.235 e. The largest absolute Gasteiger partial charge is 0.433 e. The lowest BCUT2D eigenvalue weighted by atomic mass is 10.1. The van der Waals surface area contributed by atoms with Crippen molar-refractivity contribution in [1.29, 1.82) is 0 Å². The number of thiazole rings is 1. The first kappa shape index (κ1) is 22.2. The van der Waals surface area contributed by atoms with Gasteiger partial charge in [-0.3, -0.25) is 0 Å². The number of nitrogens with zero attached hydrogens (tertiary/aromatic N) is 4. The molecule has 4 aromatic rings. The number of sulfonamides is 1. The standard InChI is InChI=1S/C19H11ClF3N5O2S2/c1-10-6-11(2-4-13(10)20)14-8-15(19(21,22)23)28-16(26-14)7-12(27-28)3-5-17-25-9-18(31-17)32(24,29)30/h2,4,6-9H,1H3,(H2,24,29,30). The second-order valence-corrected chi connectivity index (χ2v) is 9.79. The Kier molecular flexibility index (Phi) is 5.46. The zero-order chi connectivity index (χ0) is 23.3. The second kappa shape index (κ2) is 7.86. The second-order valence-electron chi connectivity index (χ2n) is 6.57. The third-order valence-electron chi connectivity index (χ3n) is 4.23. The maximum atomic E-state index is 13.7. The number of halogens is 4. The van der Waals surface area contributed by atoms with E-state index in [2.05, 4.69) is 26.9 Å². The average molecular weight is 498 g/mol. The molecule has 0 bridgehead atoms. The van der Waals surface area contributed by atoms with E-state index in [0.717, 1.165) is 23.6 Å². The van der Waals surface area contributed by atoms with E-state index in [9.17, 15) is 21.6 Å². The summed E-state index contributed by atoms with van der Waals surface area (Å²) < 4.78 is 64.2. The first-order valence-electron chi connectivity index (χ1n) is 8.67. The van der Waals surface area contributed by atoms with Crippen LogP contribution >= 0.6 is 22.9 Å². The Morgan fingerprint density at radius 2 is 1.94 bits per heavy atom. The van der Waals surface area contributed by atoms with Gasteiger partial charge < -0.3 is 0 Å². The van der Waals surface area contributed by atoms with E-state index in [1.54, 1.807) is 25.1 Å². The van der Waals surface area contributed by atoms with Gasteiger partial charge in [0.1, 0.15) is 5.69 Å². The van der Waals surface area contributed by atoms with Crippen LogP contribution in [0.5, 0.6) is 0 Å². The maximum absolute atomic E-state index is 13.7. The van der Waals surface area contributed by atoms with Crippen molar-refractivity contribution < 1.29 is 21.6 Å². The van der Waals surface area contributed by atoms with Gasteiger partial charge in [-0.15, -0.1) is 0 Å². The molecule has 13 heteroatoms. The van der Waals surface area contributed by atoms with E-state index >= 15 is 0 Å². The first-order chi connectivity index (χ1) is 14.9. The van der Waals surface area contributed by atoms with Gasteiger partial charge in [-0.25, -0.2) is 28.0 Å². The number of hydrogen-bond acceptors (Lipinski definition) is 6. The summed E-state index contributed by atoms with van der Waals surface area (Å²) in [7, 11) is -3.92. The van der Waals surface area contributed by atoms with Crippen LogP contribution in [0.4, 0.5) is 13.2 Å². The molecule has 0 aliphatic carbocycles. The molecule has 0 saturated carbocycles. The van der Waals surface area contributed by atoms with Gasteiger partial charge in [-0.1, -0.05) is 29.0 Å². The predicted molar refractivity (Wildman–Crippen MR) is 113 cm³/mol. The Balaban J connectivity index is 1.81. The van der Waals surface area contributed by atoms with Crippen molar-refractivity contribution >= 4 is 38.6 Å². The van der Waals surface area contributed by atoms with Crippen LogP contribution in [-0.2, 0) is 16.2 Å². The number of rotatable bonds is 2. The van der Waals surface area contributed by atoms with Crippen LogP contribution < -0.4 is 5.14 Å². The number of primary sulfonamides is 1. The highest BCUT2D eigenvalue weighted by Gasteiger charge is 2.35. The molecule has 0 amide bonds. The molecule has 7 nitrogen and oxygen atoms in total. The summed E-state index contributed by atoms with van der Waals surface area (Å²) in [4.78, 5) is 8.11. The highest BCUT2D eigenvalue weighted by atomic mass is 35.5. The third kappa shape index (κ3) is 4.46. The molecular weight excluding hydrogens is 487 g/mol. The molecular formula is C19H11ClF3N5O2S2. The monoisotopic (exact) mass is 497 g/mol. The van der Waals surface area contributed by atoms with Crippen LogP contribution in [-0.4, -0.2) is 28.0 Å². The molecule has 32 heavy (non-hydrogen) atoms. The summed E-state index contributed by atoms with van der Waals surface area (Å²) >= 11 is 6.74. The molecule has 0 aliphatic heterocycles. The zero-order valence-electron chi connectivity index (χ0n) is 16.0. The van der Waals surface area contributed by atoms with E-state index in [1.165, 1.54) is 6.07 Å². The Bertz CT molecular complexity index is 1530. The highest BCUT2D eigenvalue weighted by molar-refractivity contribution is 7.91. The zero-order valence-corrected chi connectivity index (χ0v) is 18.4. The normalized spacial score (nSPS) is 12.1. The number of aryl methyl sites for hydroxylation is 1. The molecule has 3 heterocycles. The van der Waals surface area contributed by atoms with Crippen molar-refractivity contribution in [3.63, 3.8) is 0 Å². The molecule has 0 atom stereocenters. The SMILES string of the molecule is Cc1cc(-c2cc(C(F)(F)F)n3nc(C#Cc4ncc(S(N)(=O)=O)s4)cc3n2)ccc1Cl. The molecule has 0 aliphatic rings. The number of fused-ring (bicyclic) bond motifs is 1. The summed E-state index contributed by atoms with van der Waals surface area (Å²) in [5, 5.41) is 9.52. The van der Waals surface area contributed by atoms with Gasteiger partial charge in [-0.05, 0) is 42.5 Å². The van der Waals surface area contributed by atoms with Crippen molar-refractivity contribution in [3.05, 3.63) is 63.5 Å². The molecule has 0 spiro atoms. The summed E-state index contributed by atoms with van der Waals surface area (Å²) in [5.74, 6) is 5.15. The van der Waals surface area contributed by atoms with Crippen molar-refractivity contribution in [2.75, 3.05) is 0 Å². The maximum Gasteiger partial charge on any atom is 0.433 e. The van der Waals surface area contributed by atoms with Gasteiger partial charge >= 0.3 is 6.18 Å². The minimum absolute atomic E-state index is 0.000192. The number of benzene rings is 1. The average Bonchev–Trinajstić information content (AvgIpc) is 3.33. The minimum atomic E-state index is -4.70. The molecule has 0 unspecified atom stereocenters. The van der Waals surface area contributed by atoms with Crippen LogP contribution in [0.25, 0.3) is 16.9 Å². The van der Waals surface area contributed by atoms with Gasteiger partial charge in [0.05, 0.1) is 11.9 Å². The van der Waals surface area contributed by atoms with Crippen LogP contribution in [0.1, 0.15) is 22.0 Å².